The summed E-state index contributed by atoms with van der Waals surface area (Å²) in [4.78, 5) is 1.77. The first-order valence-corrected chi connectivity index (χ1v) is 7.88. The lowest BCUT2D eigenvalue weighted by atomic mass is 10.2. The molecule has 1 aromatic rings. The van der Waals surface area contributed by atoms with E-state index in [2.05, 4.69) is 5.32 Å². The van der Waals surface area contributed by atoms with Crippen molar-refractivity contribution in [2.24, 2.45) is 0 Å². The van der Waals surface area contributed by atoms with Gasteiger partial charge < -0.3 is 5.32 Å². The minimum absolute atomic E-state index is 0.0855. The lowest BCUT2D eigenvalue weighted by Crippen LogP contribution is -2.43. The van der Waals surface area contributed by atoms with Crippen LogP contribution in [0, 0.1) is 11.6 Å². The fourth-order valence-corrected chi connectivity index (χ4v) is 2.73. The monoisotopic (exact) mass is 290 g/mol. The molecule has 0 unspecified atom stereocenters. The zero-order valence-electron chi connectivity index (χ0n) is 10.6. The number of rotatable bonds is 3. The molecule has 1 aromatic carbocycles. The van der Waals surface area contributed by atoms with Gasteiger partial charge in [-0.1, -0.05) is 0 Å². The maximum absolute atomic E-state index is 13.7. The summed E-state index contributed by atoms with van der Waals surface area (Å²) >= 11 is 0. The van der Waals surface area contributed by atoms with E-state index in [1.165, 1.54) is 6.07 Å². The molecule has 0 spiro atoms. The molecule has 1 heterocycles. The summed E-state index contributed by atoms with van der Waals surface area (Å²) in [5.74, 6) is -2.08. The first kappa shape index (κ1) is 14.4. The standard InChI is InChI=1S/C12H16F2N2O2S/c1-19(17,18)10-6-9(12(14)11(13)7-10)8-16-4-2-15-3-5-16/h6-7,15H,2-5,8H2,1H3. The third-order valence-corrected chi connectivity index (χ3v) is 4.20. The highest BCUT2D eigenvalue weighted by atomic mass is 32.2. The molecule has 0 aliphatic carbocycles. The second kappa shape index (κ2) is 5.52. The Hall–Kier alpha value is -1.05. The normalized spacial score (nSPS) is 17.6. The van der Waals surface area contributed by atoms with Crippen molar-refractivity contribution in [2.45, 2.75) is 11.4 Å². The van der Waals surface area contributed by atoms with Gasteiger partial charge in [0.2, 0.25) is 0 Å². The summed E-state index contributed by atoms with van der Waals surface area (Å²) in [5.41, 5.74) is 0.0855. The predicted octanol–water partition coefficient (Wildman–Crippen LogP) is 0.774. The third kappa shape index (κ3) is 3.49. The largest absolute Gasteiger partial charge is 0.314 e. The van der Waals surface area contributed by atoms with E-state index in [9.17, 15) is 17.2 Å². The number of nitrogens with zero attached hydrogens (tertiary/aromatic N) is 1. The number of hydrogen-bond acceptors (Lipinski definition) is 4. The molecule has 0 amide bonds. The smallest absolute Gasteiger partial charge is 0.175 e. The molecule has 1 saturated heterocycles. The molecule has 2 rings (SSSR count). The van der Waals surface area contributed by atoms with Crippen molar-refractivity contribution in [1.29, 1.82) is 0 Å². The fraction of sp³-hybridized carbons (Fsp3) is 0.500. The van der Waals surface area contributed by atoms with Crippen LogP contribution in [0.2, 0.25) is 0 Å². The van der Waals surface area contributed by atoms with E-state index >= 15 is 0 Å². The van der Waals surface area contributed by atoms with Crippen LogP contribution in [0.4, 0.5) is 8.78 Å². The van der Waals surface area contributed by atoms with Crippen LogP contribution in [0.1, 0.15) is 5.56 Å². The van der Waals surface area contributed by atoms with E-state index in [0.717, 1.165) is 38.5 Å². The van der Waals surface area contributed by atoms with Crippen molar-refractivity contribution in [3.05, 3.63) is 29.3 Å². The molecule has 7 heteroatoms. The van der Waals surface area contributed by atoms with Crippen molar-refractivity contribution in [3.63, 3.8) is 0 Å². The summed E-state index contributed by atoms with van der Waals surface area (Å²) in [6.07, 6.45) is 0.980. The van der Waals surface area contributed by atoms with E-state index in [1.54, 1.807) is 0 Å². The highest BCUT2D eigenvalue weighted by Crippen LogP contribution is 2.20. The van der Waals surface area contributed by atoms with Crippen LogP contribution in [0.15, 0.2) is 17.0 Å². The quantitative estimate of drug-likeness (QED) is 0.836. The maximum atomic E-state index is 13.7. The van der Waals surface area contributed by atoms with Crippen molar-refractivity contribution in [3.8, 4) is 0 Å². The average molecular weight is 290 g/mol. The van der Waals surface area contributed by atoms with Crippen LogP contribution in [0.25, 0.3) is 0 Å². The fourth-order valence-electron chi connectivity index (χ4n) is 2.06. The Labute approximate surface area is 111 Å². The molecular formula is C12H16F2N2O2S. The molecular weight excluding hydrogens is 274 g/mol. The second-order valence-corrected chi connectivity index (χ2v) is 6.69. The molecule has 0 bridgehead atoms. The zero-order valence-corrected chi connectivity index (χ0v) is 11.4. The van der Waals surface area contributed by atoms with Crippen molar-refractivity contribution >= 4 is 9.84 Å². The van der Waals surface area contributed by atoms with E-state index in [1.807, 2.05) is 4.90 Å². The van der Waals surface area contributed by atoms with E-state index < -0.39 is 21.5 Å². The second-order valence-electron chi connectivity index (χ2n) is 4.68. The van der Waals surface area contributed by atoms with Gasteiger partial charge in [0.05, 0.1) is 4.90 Å². The number of sulfone groups is 1. The number of halogens is 2. The lowest BCUT2D eigenvalue weighted by molar-refractivity contribution is 0.229. The Bertz CT molecular complexity index is 569. The molecule has 0 atom stereocenters. The van der Waals surface area contributed by atoms with Gasteiger partial charge in [-0.15, -0.1) is 0 Å². The van der Waals surface area contributed by atoms with Crippen LogP contribution < -0.4 is 5.32 Å². The molecule has 1 N–H and O–H groups in total. The third-order valence-electron chi connectivity index (χ3n) is 3.11. The minimum Gasteiger partial charge on any atom is -0.314 e. The molecule has 1 aliphatic rings. The summed E-state index contributed by atoms with van der Waals surface area (Å²) in [7, 11) is -3.54. The zero-order chi connectivity index (χ0) is 14.0. The molecule has 4 nitrogen and oxygen atoms in total. The van der Waals surface area contributed by atoms with Gasteiger partial charge in [0.1, 0.15) is 0 Å². The van der Waals surface area contributed by atoms with Gasteiger partial charge in [0.15, 0.2) is 21.5 Å². The van der Waals surface area contributed by atoms with Gasteiger partial charge in [0.25, 0.3) is 0 Å². The molecule has 106 valence electrons. The van der Waals surface area contributed by atoms with Crippen LogP contribution in [-0.4, -0.2) is 45.8 Å². The Kier molecular flexibility index (Phi) is 4.17. The van der Waals surface area contributed by atoms with Gasteiger partial charge in [-0.2, -0.15) is 0 Å². The number of nitrogens with one attached hydrogen (secondary N) is 1. The minimum atomic E-state index is -3.54. The van der Waals surface area contributed by atoms with Gasteiger partial charge in [-0.25, -0.2) is 17.2 Å². The SMILES string of the molecule is CS(=O)(=O)c1cc(F)c(F)c(CN2CCNCC2)c1. The molecule has 1 aliphatic heterocycles. The number of hydrogen-bond donors (Lipinski definition) is 1. The molecule has 0 radical (unpaired) electrons. The average Bonchev–Trinajstić information content (AvgIpc) is 2.34. The van der Waals surface area contributed by atoms with Crippen molar-refractivity contribution < 1.29 is 17.2 Å². The topological polar surface area (TPSA) is 49.4 Å². The van der Waals surface area contributed by atoms with Gasteiger partial charge in [-0.05, 0) is 12.1 Å². The predicted molar refractivity (Wildman–Crippen MR) is 67.6 cm³/mol. The van der Waals surface area contributed by atoms with Crippen LogP contribution >= 0.6 is 0 Å². The molecule has 19 heavy (non-hydrogen) atoms. The maximum Gasteiger partial charge on any atom is 0.175 e. The van der Waals surface area contributed by atoms with Gasteiger partial charge in [0, 0.05) is 44.5 Å². The number of piperazine rings is 1. The summed E-state index contributed by atoms with van der Waals surface area (Å²) in [5, 5.41) is 3.16. The molecule has 0 saturated carbocycles. The Morgan fingerprint density at radius 2 is 1.89 bits per heavy atom. The van der Waals surface area contributed by atoms with Crippen LogP contribution in [0.5, 0.6) is 0 Å². The first-order valence-electron chi connectivity index (χ1n) is 5.99. The first-order chi connectivity index (χ1) is 8.88. The highest BCUT2D eigenvalue weighted by molar-refractivity contribution is 7.90. The highest BCUT2D eigenvalue weighted by Gasteiger charge is 2.19. The summed E-state index contributed by atoms with van der Waals surface area (Å²) in [6, 6.07) is 1.95. The van der Waals surface area contributed by atoms with Gasteiger partial charge >= 0.3 is 0 Å². The Balaban J connectivity index is 2.30. The van der Waals surface area contributed by atoms with Crippen LogP contribution in [-0.2, 0) is 16.4 Å². The number of benzene rings is 1. The Morgan fingerprint density at radius 1 is 1.26 bits per heavy atom. The molecule has 0 aromatic heterocycles. The summed E-state index contributed by atoms with van der Waals surface area (Å²) in [6.45, 7) is 3.24. The lowest BCUT2D eigenvalue weighted by Gasteiger charge is -2.27. The van der Waals surface area contributed by atoms with Crippen molar-refractivity contribution in [2.75, 3.05) is 32.4 Å². The van der Waals surface area contributed by atoms with E-state index in [-0.39, 0.29) is 17.0 Å². The van der Waals surface area contributed by atoms with Gasteiger partial charge in [-0.3, -0.25) is 4.90 Å². The Morgan fingerprint density at radius 3 is 2.47 bits per heavy atom. The summed E-state index contributed by atoms with van der Waals surface area (Å²) < 4.78 is 50.0. The van der Waals surface area contributed by atoms with E-state index in [0.29, 0.717) is 0 Å². The van der Waals surface area contributed by atoms with Crippen molar-refractivity contribution in [1.82, 2.24) is 10.2 Å². The van der Waals surface area contributed by atoms with E-state index in [4.69, 9.17) is 0 Å². The molecule has 1 fully saturated rings. The van der Waals surface area contributed by atoms with Crippen LogP contribution in [0.3, 0.4) is 0 Å².